The van der Waals surface area contributed by atoms with Gasteiger partial charge in [-0.05, 0) is 0 Å². The topological polar surface area (TPSA) is 61.6 Å². The Morgan fingerprint density at radius 2 is 1.93 bits per heavy atom. The van der Waals surface area contributed by atoms with Crippen molar-refractivity contribution in [2.45, 2.75) is 12.7 Å². The van der Waals surface area contributed by atoms with Crippen LogP contribution < -0.4 is 0 Å². The second kappa shape index (κ2) is 5.43. The Bertz CT molecular complexity index is 336. The summed E-state index contributed by atoms with van der Waals surface area (Å²) < 4.78 is 9.99. The van der Waals surface area contributed by atoms with Gasteiger partial charge in [-0.25, -0.2) is 0 Å². The van der Waals surface area contributed by atoms with Crippen LogP contribution in [0.4, 0.5) is 5.69 Å². The zero-order valence-electron chi connectivity index (χ0n) is 8.67. The van der Waals surface area contributed by atoms with E-state index < -0.39 is 11.2 Å². The van der Waals surface area contributed by atoms with Gasteiger partial charge in [-0.3, -0.25) is 10.1 Å². The summed E-state index contributed by atoms with van der Waals surface area (Å²) in [5, 5.41) is 10.7. The predicted octanol–water partition coefficient (Wildman–Crippen LogP) is 1.76. The van der Waals surface area contributed by atoms with E-state index in [0.29, 0.717) is 12.0 Å². The third kappa shape index (κ3) is 3.00. The van der Waals surface area contributed by atoms with Crippen LogP contribution in [0.3, 0.4) is 0 Å². The van der Waals surface area contributed by atoms with E-state index in [4.69, 9.17) is 9.47 Å². The fraction of sp³-hybridized carbons (Fsp3) is 0.400. The lowest BCUT2D eigenvalue weighted by Crippen LogP contribution is -2.16. The maximum Gasteiger partial charge on any atom is 0.272 e. The SMILES string of the molecule is COC(Cc1ccccc1[N+](=O)[O-])OC. The molecular formula is C10H13NO4. The number of benzene rings is 1. The first kappa shape index (κ1) is 11.6. The van der Waals surface area contributed by atoms with Crippen molar-refractivity contribution < 1.29 is 14.4 Å². The second-order valence-corrected chi connectivity index (χ2v) is 2.99. The average molecular weight is 211 g/mol. The summed E-state index contributed by atoms with van der Waals surface area (Å²) in [7, 11) is 3.01. The summed E-state index contributed by atoms with van der Waals surface area (Å²) in [5.41, 5.74) is 0.702. The van der Waals surface area contributed by atoms with E-state index in [1.165, 1.54) is 20.3 Å². The van der Waals surface area contributed by atoms with Gasteiger partial charge in [0.2, 0.25) is 0 Å². The van der Waals surface area contributed by atoms with Gasteiger partial charge in [0, 0.05) is 32.3 Å². The summed E-state index contributed by atoms with van der Waals surface area (Å²) in [6.45, 7) is 0. The quantitative estimate of drug-likeness (QED) is 0.423. The van der Waals surface area contributed by atoms with Crippen molar-refractivity contribution in [2.75, 3.05) is 14.2 Å². The van der Waals surface area contributed by atoms with Gasteiger partial charge in [0.1, 0.15) is 0 Å². The maximum atomic E-state index is 10.7. The highest BCUT2D eigenvalue weighted by Crippen LogP contribution is 2.19. The van der Waals surface area contributed by atoms with Gasteiger partial charge in [-0.2, -0.15) is 0 Å². The van der Waals surface area contributed by atoms with Gasteiger partial charge in [-0.15, -0.1) is 0 Å². The summed E-state index contributed by atoms with van der Waals surface area (Å²) in [6.07, 6.45) is -0.0875. The molecule has 0 radical (unpaired) electrons. The Hall–Kier alpha value is -1.46. The normalized spacial score (nSPS) is 10.6. The Labute approximate surface area is 87.8 Å². The summed E-state index contributed by atoms with van der Waals surface area (Å²) in [4.78, 5) is 10.3. The zero-order chi connectivity index (χ0) is 11.3. The summed E-state index contributed by atoms with van der Waals surface area (Å²) >= 11 is 0. The molecule has 0 bridgehead atoms. The van der Waals surface area contributed by atoms with Crippen molar-refractivity contribution >= 4 is 5.69 Å². The van der Waals surface area contributed by atoms with Crippen molar-refractivity contribution in [3.8, 4) is 0 Å². The molecule has 0 aliphatic rings. The number of para-hydroxylation sites is 1. The molecule has 1 aromatic carbocycles. The molecule has 0 aliphatic carbocycles. The number of nitrogens with zero attached hydrogens (tertiary/aromatic N) is 1. The average Bonchev–Trinajstić information content (AvgIpc) is 2.26. The second-order valence-electron chi connectivity index (χ2n) is 2.99. The van der Waals surface area contributed by atoms with Crippen LogP contribution in [0.5, 0.6) is 0 Å². The minimum absolute atomic E-state index is 0.0941. The fourth-order valence-electron chi connectivity index (χ4n) is 1.30. The van der Waals surface area contributed by atoms with Gasteiger partial charge in [0.25, 0.3) is 5.69 Å². The summed E-state index contributed by atoms with van der Waals surface area (Å²) in [6, 6.07) is 6.56. The smallest absolute Gasteiger partial charge is 0.272 e. The molecule has 0 saturated heterocycles. The highest BCUT2D eigenvalue weighted by Gasteiger charge is 2.16. The van der Waals surface area contributed by atoms with Crippen molar-refractivity contribution in [3.05, 3.63) is 39.9 Å². The van der Waals surface area contributed by atoms with E-state index in [-0.39, 0.29) is 5.69 Å². The Morgan fingerprint density at radius 1 is 1.33 bits per heavy atom. The number of nitro groups is 1. The molecule has 5 heteroatoms. The van der Waals surface area contributed by atoms with Crippen LogP contribution in [0.1, 0.15) is 5.56 Å². The van der Waals surface area contributed by atoms with Crippen LogP contribution in [-0.4, -0.2) is 25.4 Å². The van der Waals surface area contributed by atoms with Gasteiger partial charge in [0.15, 0.2) is 6.29 Å². The highest BCUT2D eigenvalue weighted by molar-refractivity contribution is 5.39. The molecule has 5 nitrogen and oxygen atoms in total. The first-order valence-electron chi connectivity index (χ1n) is 4.47. The van der Waals surface area contributed by atoms with Crippen molar-refractivity contribution in [1.82, 2.24) is 0 Å². The minimum Gasteiger partial charge on any atom is -0.356 e. The van der Waals surface area contributed by atoms with Gasteiger partial charge in [-0.1, -0.05) is 18.2 Å². The predicted molar refractivity (Wildman–Crippen MR) is 54.6 cm³/mol. The van der Waals surface area contributed by atoms with Gasteiger partial charge >= 0.3 is 0 Å². The van der Waals surface area contributed by atoms with E-state index in [0.717, 1.165) is 0 Å². The molecule has 0 aromatic heterocycles. The molecule has 0 aliphatic heterocycles. The van der Waals surface area contributed by atoms with Crippen LogP contribution in [-0.2, 0) is 15.9 Å². The molecule has 82 valence electrons. The lowest BCUT2D eigenvalue weighted by molar-refractivity contribution is -0.385. The molecular weight excluding hydrogens is 198 g/mol. The lowest BCUT2D eigenvalue weighted by Gasteiger charge is -2.12. The highest BCUT2D eigenvalue weighted by atomic mass is 16.7. The maximum absolute atomic E-state index is 10.7. The molecule has 0 fully saturated rings. The Kier molecular flexibility index (Phi) is 4.20. The Morgan fingerprint density at radius 3 is 2.47 bits per heavy atom. The molecule has 0 saturated carbocycles. The van der Waals surface area contributed by atoms with E-state index in [2.05, 4.69) is 0 Å². The van der Waals surface area contributed by atoms with Gasteiger partial charge < -0.3 is 9.47 Å². The standard InChI is InChI=1S/C10H13NO4/c1-14-10(15-2)7-8-5-3-4-6-9(8)11(12)13/h3-6,10H,7H2,1-2H3. The molecule has 1 rings (SSSR count). The van der Waals surface area contributed by atoms with Gasteiger partial charge in [0.05, 0.1) is 4.92 Å². The first-order chi connectivity index (χ1) is 7.19. The molecule has 0 amide bonds. The van der Waals surface area contributed by atoms with E-state index in [9.17, 15) is 10.1 Å². The van der Waals surface area contributed by atoms with Crippen molar-refractivity contribution in [1.29, 1.82) is 0 Å². The zero-order valence-corrected chi connectivity index (χ0v) is 8.67. The third-order valence-corrected chi connectivity index (χ3v) is 2.10. The van der Waals surface area contributed by atoms with E-state index in [1.807, 2.05) is 0 Å². The molecule has 1 aromatic rings. The minimum atomic E-state index is -0.453. The first-order valence-corrected chi connectivity index (χ1v) is 4.47. The van der Waals surface area contributed by atoms with Crippen molar-refractivity contribution in [3.63, 3.8) is 0 Å². The van der Waals surface area contributed by atoms with Crippen molar-refractivity contribution in [2.24, 2.45) is 0 Å². The lowest BCUT2D eigenvalue weighted by atomic mass is 10.1. The number of ether oxygens (including phenoxy) is 2. The summed E-state index contributed by atoms with van der Waals surface area (Å²) in [5.74, 6) is 0. The number of rotatable bonds is 5. The fourth-order valence-corrected chi connectivity index (χ4v) is 1.30. The molecule has 0 heterocycles. The van der Waals surface area contributed by atoms with Crippen LogP contribution in [0.2, 0.25) is 0 Å². The molecule has 15 heavy (non-hydrogen) atoms. The number of methoxy groups -OCH3 is 2. The monoisotopic (exact) mass is 211 g/mol. The van der Waals surface area contributed by atoms with Crippen LogP contribution in [0.25, 0.3) is 0 Å². The number of hydrogen-bond acceptors (Lipinski definition) is 4. The molecule has 0 spiro atoms. The van der Waals surface area contributed by atoms with E-state index >= 15 is 0 Å². The molecule has 0 N–H and O–H groups in total. The van der Waals surface area contributed by atoms with E-state index in [1.54, 1.807) is 18.2 Å². The van der Waals surface area contributed by atoms with Crippen LogP contribution in [0, 0.1) is 10.1 Å². The van der Waals surface area contributed by atoms with Crippen LogP contribution in [0.15, 0.2) is 24.3 Å². The third-order valence-electron chi connectivity index (χ3n) is 2.10. The van der Waals surface area contributed by atoms with Crippen LogP contribution >= 0.6 is 0 Å². The number of hydrogen-bond donors (Lipinski definition) is 0. The largest absolute Gasteiger partial charge is 0.356 e. The molecule has 0 unspecified atom stereocenters. The molecule has 0 atom stereocenters. The number of nitro benzene ring substituents is 1. The Balaban J connectivity index is 2.88.